The summed E-state index contributed by atoms with van der Waals surface area (Å²) in [4.78, 5) is 21.0. The lowest BCUT2D eigenvalue weighted by Gasteiger charge is -2.17. The van der Waals surface area contributed by atoms with E-state index in [1.54, 1.807) is 6.20 Å². The van der Waals surface area contributed by atoms with Gasteiger partial charge in [0, 0.05) is 31.1 Å². The molecule has 0 spiro atoms. The SMILES string of the molecule is Cc1cc(-c2cnc(C)nc2CCNC(=O)C2CC=CCC2)on1. The van der Waals surface area contributed by atoms with Gasteiger partial charge in [0.05, 0.1) is 17.0 Å². The predicted molar refractivity (Wildman–Crippen MR) is 90.2 cm³/mol. The zero-order chi connectivity index (χ0) is 16.9. The van der Waals surface area contributed by atoms with Crippen LogP contribution in [0.1, 0.15) is 36.5 Å². The second-order valence-corrected chi connectivity index (χ2v) is 6.13. The number of nitrogens with one attached hydrogen (secondary N) is 1. The van der Waals surface area contributed by atoms with E-state index in [1.165, 1.54) is 0 Å². The smallest absolute Gasteiger partial charge is 0.223 e. The summed E-state index contributed by atoms with van der Waals surface area (Å²) in [6, 6.07) is 1.87. The van der Waals surface area contributed by atoms with E-state index in [2.05, 4.69) is 32.6 Å². The van der Waals surface area contributed by atoms with Crippen molar-refractivity contribution in [1.29, 1.82) is 0 Å². The van der Waals surface area contributed by atoms with Crippen LogP contribution in [0, 0.1) is 19.8 Å². The van der Waals surface area contributed by atoms with Gasteiger partial charge in [-0.3, -0.25) is 4.79 Å². The topological polar surface area (TPSA) is 80.9 Å². The molecular formula is C18H22N4O2. The van der Waals surface area contributed by atoms with Gasteiger partial charge in [0.25, 0.3) is 0 Å². The van der Waals surface area contributed by atoms with E-state index in [-0.39, 0.29) is 11.8 Å². The maximum Gasteiger partial charge on any atom is 0.223 e. The van der Waals surface area contributed by atoms with Crippen LogP contribution in [0.2, 0.25) is 0 Å². The maximum atomic E-state index is 12.2. The number of aryl methyl sites for hydroxylation is 2. The number of rotatable bonds is 5. The fraction of sp³-hybridized carbons (Fsp3) is 0.444. The van der Waals surface area contributed by atoms with E-state index >= 15 is 0 Å². The largest absolute Gasteiger partial charge is 0.356 e. The molecule has 1 aliphatic rings. The van der Waals surface area contributed by atoms with Crippen molar-refractivity contribution in [2.75, 3.05) is 6.54 Å². The van der Waals surface area contributed by atoms with Crippen molar-refractivity contribution in [3.63, 3.8) is 0 Å². The monoisotopic (exact) mass is 326 g/mol. The maximum absolute atomic E-state index is 12.2. The van der Waals surface area contributed by atoms with Gasteiger partial charge >= 0.3 is 0 Å². The number of allylic oxidation sites excluding steroid dienone is 2. The highest BCUT2D eigenvalue weighted by atomic mass is 16.5. The lowest BCUT2D eigenvalue weighted by atomic mass is 9.93. The molecule has 0 aliphatic heterocycles. The number of carbonyl (C=O) groups excluding carboxylic acids is 1. The molecular weight excluding hydrogens is 304 g/mol. The Hall–Kier alpha value is -2.50. The summed E-state index contributed by atoms with van der Waals surface area (Å²) in [7, 11) is 0. The standard InChI is InChI=1S/C18H22N4O2/c1-12-10-17(24-22-12)15-11-20-13(2)21-16(15)8-9-19-18(23)14-6-4-3-5-7-14/h3-4,10-11,14H,5-9H2,1-2H3,(H,19,23). The first kappa shape index (κ1) is 16.4. The molecule has 24 heavy (non-hydrogen) atoms. The molecule has 1 atom stereocenters. The van der Waals surface area contributed by atoms with Crippen molar-refractivity contribution in [2.24, 2.45) is 5.92 Å². The minimum Gasteiger partial charge on any atom is -0.356 e. The molecule has 1 N–H and O–H groups in total. The summed E-state index contributed by atoms with van der Waals surface area (Å²) in [5, 5.41) is 6.94. The van der Waals surface area contributed by atoms with Gasteiger partial charge in [-0.15, -0.1) is 0 Å². The van der Waals surface area contributed by atoms with Crippen molar-refractivity contribution >= 4 is 5.91 Å². The van der Waals surface area contributed by atoms with Crippen LogP contribution in [0.5, 0.6) is 0 Å². The van der Waals surface area contributed by atoms with Crippen LogP contribution in [0.25, 0.3) is 11.3 Å². The van der Waals surface area contributed by atoms with Gasteiger partial charge in [-0.25, -0.2) is 9.97 Å². The lowest BCUT2D eigenvalue weighted by molar-refractivity contribution is -0.125. The van der Waals surface area contributed by atoms with Gasteiger partial charge in [0.15, 0.2) is 5.76 Å². The second kappa shape index (κ2) is 7.38. The number of hydrogen-bond acceptors (Lipinski definition) is 5. The molecule has 126 valence electrons. The average molecular weight is 326 g/mol. The molecule has 0 radical (unpaired) electrons. The Morgan fingerprint density at radius 3 is 2.96 bits per heavy atom. The van der Waals surface area contributed by atoms with Crippen LogP contribution in [0.15, 0.2) is 28.9 Å². The van der Waals surface area contributed by atoms with Crippen molar-refractivity contribution in [3.05, 3.63) is 41.6 Å². The molecule has 3 rings (SSSR count). The van der Waals surface area contributed by atoms with Crippen molar-refractivity contribution in [1.82, 2.24) is 20.4 Å². The van der Waals surface area contributed by atoms with Crippen molar-refractivity contribution in [3.8, 4) is 11.3 Å². The number of amides is 1. The molecule has 2 heterocycles. The van der Waals surface area contributed by atoms with Gasteiger partial charge in [0.1, 0.15) is 5.82 Å². The van der Waals surface area contributed by atoms with Crippen molar-refractivity contribution < 1.29 is 9.32 Å². The quantitative estimate of drug-likeness (QED) is 0.855. The molecule has 0 saturated heterocycles. The summed E-state index contributed by atoms with van der Waals surface area (Å²) >= 11 is 0. The predicted octanol–water partition coefficient (Wildman–Crippen LogP) is 2.76. The van der Waals surface area contributed by atoms with E-state index in [0.29, 0.717) is 24.6 Å². The summed E-state index contributed by atoms with van der Waals surface area (Å²) in [6.07, 6.45) is 9.36. The number of carbonyl (C=O) groups is 1. The van der Waals surface area contributed by atoms with Crippen molar-refractivity contribution in [2.45, 2.75) is 39.5 Å². The molecule has 0 saturated carbocycles. The Bertz CT molecular complexity index is 751. The Labute approximate surface area is 141 Å². The Morgan fingerprint density at radius 1 is 1.38 bits per heavy atom. The molecule has 6 heteroatoms. The lowest BCUT2D eigenvalue weighted by Crippen LogP contribution is -2.32. The first-order valence-electron chi connectivity index (χ1n) is 8.32. The minimum absolute atomic E-state index is 0.0959. The third kappa shape index (κ3) is 3.88. The summed E-state index contributed by atoms with van der Waals surface area (Å²) in [5.41, 5.74) is 2.51. The highest BCUT2D eigenvalue weighted by molar-refractivity contribution is 5.79. The van der Waals surface area contributed by atoms with Crippen LogP contribution in [0.4, 0.5) is 0 Å². The summed E-state index contributed by atoms with van der Waals surface area (Å²) in [5.74, 6) is 1.58. The molecule has 0 aromatic carbocycles. The summed E-state index contributed by atoms with van der Waals surface area (Å²) in [6.45, 7) is 4.28. The van der Waals surface area contributed by atoms with Crippen LogP contribution in [-0.4, -0.2) is 27.6 Å². The van der Waals surface area contributed by atoms with Crippen LogP contribution in [0.3, 0.4) is 0 Å². The number of nitrogens with zero attached hydrogens (tertiary/aromatic N) is 3. The van der Waals surface area contributed by atoms with Crippen LogP contribution >= 0.6 is 0 Å². The molecule has 1 amide bonds. The number of aromatic nitrogens is 3. The Morgan fingerprint density at radius 2 is 2.25 bits per heavy atom. The van der Waals surface area contributed by atoms with Crippen LogP contribution in [-0.2, 0) is 11.2 Å². The van der Waals surface area contributed by atoms with E-state index in [1.807, 2.05) is 19.9 Å². The van der Waals surface area contributed by atoms with Gasteiger partial charge in [-0.05, 0) is 33.1 Å². The fourth-order valence-electron chi connectivity index (χ4n) is 2.88. The van der Waals surface area contributed by atoms with E-state index in [0.717, 1.165) is 36.2 Å². The zero-order valence-corrected chi connectivity index (χ0v) is 14.1. The van der Waals surface area contributed by atoms with E-state index < -0.39 is 0 Å². The fourth-order valence-corrected chi connectivity index (χ4v) is 2.88. The second-order valence-electron chi connectivity index (χ2n) is 6.13. The molecule has 2 aromatic heterocycles. The van der Waals surface area contributed by atoms with Gasteiger partial charge in [-0.1, -0.05) is 17.3 Å². The van der Waals surface area contributed by atoms with E-state index in [4.69, 9.17) is 4.52 Å². The van der Waals surface area contributed by atoms with Crippen LogP contribution < -0.4 is 5.32 Å². The first-order valence-corrected chi connectivity index (χ1v) is 8.32. The Kier molecular flexibility index (Phi) is 5.03. The highest BCUT2D eigenvalue weighted by Gasteiger charge is 2.18. The zero-order valence-electron chi connectivity index (χ0n) is 14.1. The molecule has 0 bridgehead atoms. The first-order chi connectivity index (χ1) is 11.6. The summed E-state index contributed by atoms with van der Waals surface area (Å²) < 4.78 is 5.33. The van der Waals surface area contributed by atoms with Gasteiger partial charge in [0.2, 0.25) is 5.91 Å². The average Bonchev–Trinajstić information content (AvgIpc) is 3.02. The molecule has 0 fully saturated rings. The molecule has 6 nitrogen and oxygen atoms in total. The van der Waals surface area contributed by atoms with Gasteiger partial charge in [-0.2, -0.15) is 0 Å². The number of hydrogen-bond donors (Lipinski definition) is 1. The third-order valence-electron chi connectivity index (χ3n) is 4.18. The van der Waals surface area contributed by atoms with E-state index in [9.17, 15) is 4.79 Å². The third-order valence-corrected chi connectivity index (χ3v) is 4.18. The molecule has 1 unspecified atom stereocenters. The molecule has 1 aliphatic carbocycles. The highest BCUT2D eigenvalue weighted by Crippen LogP contribution is 2.23. The minimum atomic E-state index is 0.0959. The molecule has 2 aromatic rings. The van der Waals surface area contributed by atoms with Gasteiger partial charge < -0.3 is 9.84 Å². The Balaban J connectivity index is 1.65. The normalized spacial score (nSPS) is 17.0.